The van der Waals surface area contributed by atoms with E-state index in [0.29, 0.717) is 5.92 Å². The molecular weight excluding hydrogens is 153 g/mol. The highest BCUT2D eigenvalue weighted by molar-refractivity contribution is 5.16. The summed E-state index contributed by atoms with van der Waals surface area (Å²) in [6, 6.07) is 3.28. The van der Waals surface area contributed by atoms with Crippen molar-refractivity contribution in [2.45, 2.75) is 25.7 Å². The summed E-state index contributed by atoms with van der Waals surface area (Å²) in [5.41, 5.74) is 1.17. The van der Waals surface area contributed by atoms with Gasteiger partial charge < -0.3 is 0 Å². The third-order valence-electron chi connectivity index (χ3n) is 2.61. The Morgan fingerprint density at radius 1 is 1.50 bits per heavy atom. The summed E-state index contributed by atoms with van der Waals surface area (Å²) in [7, 11) is 0. The summed E-state index contributed by atoms with van der Waals surface area (Å²) >= 11 is 0. The van der Waals surface area contributed by atoms with Crippen LogP contribution in [0.4, 0.5) is 4.39 Å². The van der Waals surface area contributed by atoms with Crippen LogP contribution in [0.2, 0.25) is 0 Å². The number of hydrogen-bond donors (Lipinski definition) is 0. The van der Waals surface area contributed by atoms with Crippen LogP contribution in [0.3, 0.4) is 0 Å². The second kappa shape index (κ2) is 2.85. The topological polar surface area (TPSA) is 12.9 Å². The highest BCUT2D eigenvalue weighted by atomic mass is 19.1. The summed E-state index contributed by atoms with van der Waals surface area (Å²) in [6.45, 7) is 2.19. The normalized spacial score (nSPS) is 19.2. The molecule has 0 radical (unpaired) electrons. The zero-order valence-corrected chi connectivity index (χ0v) is 7.13. The molecule has 0 N–H and O–H groups in total. The van der Waals surface area contributed by atoms with Gasteiger partial charge in [0.2, 0.25) is 5.95 Å². The number of hydrogen-bond acceptors (Lipinski definition) is 1. The maximum Gasteiger partial charge on any atom is 0.212 e. The standard InChI is InChI=1S/C10H12FN/c1-7(8-2-3-8)9-4-5-10(11)12-6-9/h4-8H,2-3H2,1H3/t7-/m0/s1. The zero-order valence-electron chi connectivity index (χ0n) is 7.13. The third kappa shape index (κ3) is 1.47. The molecule has 1 atom stereocenters. The van der Waals surface area contributed by atoms with Gasteiger partial charge in [-0.1, -0.05) is 13.0 Å². The first kappa shape index (κ1) is 7.71. The van der Waals surface area contributed by atoms with E-state index in [9.17, 15) is 4.39 Å². The first-order valence-corrected chi connectivity index (χ1v) is 4.39. The molecule has 0 aromatic carbocycles. The molecule has 0 unspecified atom stereocenters. The monoisotopic (exact) mass is 165 g/mol. The van der Waals surface area contributed by atoms with Crippen LogP contribution in [0.1, 0.15) is 31.2 Å². The maximum atomic E-state index is 12.5. The van der Waals surface area contributed by atoms with Crippen molar-refractivity contribution in [3.05, 3.63) is 29.8 Å². The number of aromatic nitrogens is 1. The second-order valence-corrected chi connectivity index (χ2v) is 3.54. The summed E-state index contributed by atoms with van der Waals surface area (Å²) < 4.78 is 12.5. The van der Waals surface area contributed by atoms with Gasteiger partial charge in [-0.3, -0.25) is 0 Å². The van der Waals surface area contributed by atoms with Crippen LogP contribution < -0.4 is 0 Å². The van der Waals surface area contributed by atoms with Crippen molar-refractivity contribution in [3.63, 3.8) is 0 Å². The molecule has 2 rings (SSSR count). The van der Waals surface area contributed by atoms with Gasteiger partial charge in [-0.2, -0.15) is 4.39 Å². The minimum atomic E-state index is -0.387. The van der Waals surface area contributed by atoms with E-state index in [0.717, 1.165) is 5.92 Å². The summed E-state index contributed by atoms with van der Waals surface area (Å²) in [6.07, 6.45) is 4.29. The second-order valence-electron chi connectivity index (χ2n) is 3.54. The van der Waals surface area contributed by atoms with E-state index in [1.54, 1.807) is 6.20 Å². The molecule has 1 fully saturated rings. The van der Waals surface area contributed by atoms with Gasteiger partial charge in [0, 0.05) is 6.20 Å². The Morgan fingerprint density at radius 3 is 2.75 bits per heavy atom. The molecule has 2 heteroatoms. The average molecular weight is 165 g/mol. The van der Waals surface area contributed by atoms with Crippen LogP contribution in [0.25, 0.3) is 0 Å². The molecule has 1 heterocycles. The lowest BCUT2D eigenvalue weighted by atomic mass is 9.98. The fourth-order valence-corrected chi connectivity index (χ4v) is 1.52. The highest BCUT2D eigenvalue weighted by Crippen LogP contribution is 2.41. The molecule has 1 aliphatic rings. The van der Waals surface area contributed by atoms with Crippen molar-refractivity contribution >= 4 is 0 Å². The van der Waals surface area contributed by atoms with E-state index in [1.807, 2.05) is 6.07 Å². The van der Waals surface area contributed by atoms with Gasteiger partial charge in [0.05, 0.1) is 0 Å². The molecule has 12 heavy (non-hydrogen) atoms. The smallest absolute Gasteiger partial charge is 0.212 e. The Kier molecular flexibility index (Phi) is 1.83. The molecule has 0 amide bonds. The van der Waals surface area contributed by atoms with Gasteiger partial charge in [0.15, 0.2) is 0 Å². The minimum Gasteiger partial charge on any atom is -0.228 e. The van der Waals surface area contributed by atoms with E-state index < -0.39 is 0 Å². The highest BCUT2D eigenvalue weighted by Gasteiger charge is 2.28. The van der Waals surface area contributed by atoms with Crippen LogP contribution in [-0.4, -0.2) is 4.98 Å². The average Bonchev–Trinajstić information content (AvgIpc) is 2.87. The van der Waals surface area contributed by atoms with Crippen molar-refractivity contribution in [1.29, 1.82) is 0 Å². The molecular formula is C10H12FN. The third-order valence-corrected chi connectivity index (χ3v) is 2.61. The minimum absolute atomic E-state index is 0.387. The van der Waals surface area contributed by atoms with Crippen LogP contribution >= 0.6 is 0 Å². The fraction of sp³-hybridized carbons (Fsp3) is 0.500. The molecule has 64 valence electrons. The molecule has 1 aliphatic carbocycles. The van der Waals surface area contributed by atoms with Crippen molar-refractivity contribution in [1.82, 2.24) is 4.98 Å². The molecule has 0 saturated heterocycles. The maximum absolute atomic E-state index is 12.5. The van der Waals surface area contributed by atoms with Crippen molar-refractivity contribution in [2.24, 2.45) is 5.92 Å². The Hall–Kier alpha value is -0.920. The molecule has 1 aromatic heterocycles. The summed E-state index contributed by atoms with van der Waals surface area (Å²) in [5, 5.41) is 0. The van der Waals surface area contributed by atoms with Crippen LogP contribution in [0, 0.1) is 11.9 Å². The number of halogens is 1. The first-order chi connectivity index (χ1) is 5.77. The molecule has 0 bridgehead atoms. The first-order valence-electron chi connectivity index (χ1n) is 4.39. The molecule has 0 aliphatic heterocycles. The lowest BCUT2D eigenvalue weighted by molar-refractivity contribution is 0.576. The largest absolute Gasteiger partial charge is 0.228 e. The van der Waals surface area contributed by atoms with Crippen molar-refractivity contribution in [2.75, 3.05) is 0 Å². The number of pyridine rings is 1. The van der Waals surface area contributed by atoms with Crippen LogP contribution in [0.5, 0.6) is 0 Å². The Morgan fingerprint density at radius 2 is 2.25 bits per heavy atom. The van der Waals surface area contributed by atoms with Gasteiger partial charge in [0.1, 0.15) is 0 Å². The van der Waals surface area contributed by atoms with Crippen LogP contribution in [-0.2, 0) is 0 Å². The van der Waals surface area contributed by atoms with Gasteiger partial charge in [-0.15, -0.1) is 0 Å². The molecule has 1 nitrogen and oxygen atoms in total. The van der Waals surface area contributed by atoms with Gasteiger partial charge >= 0.3 is 0 Å². The molecule has 1 saturated carbocycles. The predicted octanol–water partition coefficient (Wildman–Crippen LogP) is 2.73. The lowest BCUT2D eigenvalue weighted by Gasteiger charge is -2.08. The molecule has 0 spiro atoms. The summed E-state index contributed by atoms with van der Waals surface area (Å²) in [4.78, 5) is 3.64. The predicted molar refractivity (Wildman–Crippen MR) is 45.3 cm³/mol. The van der Waals surface area contributed by atoms with Crippen molar-refractivity contribution in [3.8, 4) is 0 Å². The van der Waals surface area contributed by atoms with E-state index in [2.05, 4.69) is 11.9 Å². The fourth-order valence-electron chi connectivity index (χ4n) is 1.52. The number of rotatable bonds is 2. The Bertz CT molecular complexity index is 264. The molecule has 1 aromatic rings. The van der Waals surface area contributed by atoms with E-state index in [4.69, 9.17) is 0 Å². The summed E-state index contributed by atoms with van der Waals surface area (Å²) in [5.74, 6) is 0.983. The SMILES string of the molecule is C[C@H](c1ccc(F)nc1)C1CC1. The quantitative estimate of drug-likeness (QED) is 0.614. The lowest BCUT2D eigenvalue weighted by Crippen LogP contribution is -1.96. The van der Waals surface area contributed by atoms with E-state index in [1.165, 1.54) is 24.5 Å². The van der Waals surface area contributed by atoms with E-state index in [-0.39, 0.29) is 5.95 Å². The number of nitrogens with zero attached hydrogens (tertiary/aromatic N) is 1. The zero-order chi connectivity index (χ0) is 8.55. The van der Waals surface area contributed by atoms with Gasteiger partial charge in [0.25, 0.3) is 0 Å². The van der Waals surface area contributed by atoms with Gasteiger partial charge in [-0.25, -0.2) is 4.98 Å². The van der Waals surface area contributed by atoms with Gasteiger partial charge in [-0.05, 0) is 36.3 Å². The Labute approximate surface area is 71.6 Å². The Balaban J connectivity index is 2.16. The van der Waals surface area contributed by atoms with E-state index >= 15 is 0 Å². The van der Waals surface area contributed by atoms with Crippen LogP contribution in [0.15, 0.2) is 18.3 Å². The van der Waals surface area contributed by atoms with Crippen molar-refractivity contribution < 1.29 is 4.39 Å².